The fraction of sp³-hybridized carbons (Fsp3) is 0.333. The van der Waals surface area contributed by atoms with Crippen molar-refractivity contribution in [1.29, 1.82) is 0 Å². The number of aromatic nitrogens is 3. The van der Waals surface area contributed by atoms with Crippen molar-refractivity contribution in [3.05, 3.63) is 46.0 Å². The molecular weight excluding hydrogens is 406 g/mol. The van der Waals surface area contributed by atoms with E-state index in [1.807, 2.05) is 29.5 Å². The summed E-state index contributed by atoms with van der Waals surface area (Å²) in [5.41, 5.74) is 0.900. The van der Waals surface area contributed by atoms with Crippen LogP contribution in [0.15, 0.2) is 35.7 Å². The van der Waals surface area contributed by atoms with Gasteiger partial charge in [-0.05, 0) is 55.3 Å². The highest BCUT2D eigenvalue weighted by Gasteiger charge is 2.13. The van der Waals surface area contributed by atoms with E-state index in [1.165, 1.54) is 6.07 Å². The molecule has 0 aliphatic heterocycles. The molecule has 0 saturated carbocycles. The second-order valence-corrected chi connectivity index (χ2v) is 7.32. The van der Waals surface area contributed by atoms with Crippen molar-refractivity contribution in [3.8, 4) is 22.2 Å². The zero-order valence-electron chi connectivity index (χ0n) is 15.4. The van der Waals surface area contributed by atoms with Crippen LogP contribution in [0.5, 0.6) is 11.5 Å². The minimum absolute atomic E-state index is 0.0274. The lowest BCUT2D eigenvalue weighted by Crippen LogP contribution is -2.22. The summed E-state index contributed by atoms with van der Waals surface area (Å²) in [6, 6.07) is 8.88. The van der Waals surface area contributed by atoms with Crippen LogP contribution in [-0.4, -0.2) is 39.9 Å². The zero-order chi connectivity index (χ0) is 20.1. The van der Waals surface area contributed by atoms with Gasteiger partial charge in [0, 0.05) is 6.54 Å². The molecular formula is C18H20F2N4O2S2. The average Bonchev–Trinajstić information content (AvgIpc) is 3.27. The van der Waals surface area contributed by atoms with Crippen molar-refractivity contribution in [2.75, 3.05) is 13.7 Å². The monoisotopic (exact) mass is 426 g/mol. The highest BCUT2D eigenvalue weighted by molar-refractivity contribution is 7.71. The molecule has 0 bridgehead atoms. The Morgan fingerprint density at radius 1 is 1.32 bits per heavy atom. The molecule has 3 aromatic rings. The molecule has 0 spiro atoms. The molecule has 2 heterocycles. The van der Waals surface area contributed by atoms with Crippen molar-refractivity contribution in [1.82, 2.24) is 19.7 Å². The van der Waals surface area contributed by atoms with Crippen LogP contribution in [0.3, 0.4) is 0 Å². The summed E-state index contributed by atoms with van der Waals surface area (Å²) < 4.78 is 37.2. The van der Waals surface area contributed by atoms with Crippen LogP contribution in [0.2, 0.25) is 0 Å². The van der Waals surface area contributed by atoms with Crippen molar-refractivity contribution >= 4 is 23.6 Å². The number of thiophene rings is 1. The van der Waals surface area contributed by atoms with E-state index in [9.17, 15) is 8.78 Å². The first-order valence-electron chi connectivity index (χ1n) is 8.56. The summed E-state index contributed by atoms with van der Waals surface area (Å²) >= 11 is 6.92. The lowest BCUT2D eigenvalue weighted by molar-refractivity contribution is -0.0514. The number of hydrogen-bond donors (Lipinski definition) is 1. The molecule has 0 unspecified atom stereocenters. The van der Waals surface area contributed by atoms with Crippen molar-refractivity contribution in [2.45, 2.75) is 26.7 Å². The van der Waals surface area contributed by atoms with Gasteiger partial charge in [0.15, 0.2) is 17.3 Å². The summed E-state index contributed by atoms with van der Waals surface area (Å²) in [4.78, 5) is 7.43. The summed E-state index contributed by atoms with van der Waals surface area (Å²) in [6.45, 7) is 0.303. The van der Waals surface area contributed by atoms with E-state index < -0.39 is 6.61 Å². The Hall–Kier alpha value is -2.30. The molecule has 0 amide bonds. The quantitative estimate of drug-likeness (QED) is 0.500. The van der Waals surface area contributed by atoms with E-state index in [1.54, 1.807) is 35.1 Å². The molecule has 1 aromatic carbocycles. The third-order valence-electron chi connectivity index (χ3n) is 3.79. The molecule has 28 heavy (non-hydrogen) atoms. The molecule has 0 saturated heterocycles. The van der Waals surface area contributed by atoms with Crippen LogP contribution < -0.4 is 9.47 Å². The van der Waals surface area contributed by atoms with Gasteiger partial charge in [0.25, 0.3) is 0 Å². The Bertz CT molecular complexity index is 957. The maximum absolute atomic E-state index is 12.5. The predicted octanol–water partition coefficient (Wildman–Crippen LogP) is 4.76. The number of rotatable bonds is 9. The summed E-state index contributed by atoms with van der Waals surface area (Å²) in [5.74, 6) is 1.06. The minimum Gasteiger partial charge on any atom is -0.490 e. The molecule has 10 heteroatoms. The second-order valence-electron chi connectivity index (χ2n) is 6.01. The van der Waals surface area contributed by atoms with Gasteiger partial charge < -0.3 is 9.47 Å². The van der Waals surface area contributed by atoms with Crippen LogP contribution in [0.4, 0.5) is 8.78 Å². The van der Waals surface area contributed by atoms with Crippen molar-refractivity contribution in [2.24, 2.45) is 0 Å². The minimum atomic E-state index is -2.90. The molecule has 150 valence electrons. The smallest absolute Gasteiger partial charge is 0.387 e. The Balaban J connectivity index is 1.70. The Kier molecular flexibility index (Phi) is 6.76. The van der Waals surface area contributed by atoms with Crippen molar-refractivity contribution < 1.29 is 18.3 Å². The van der Waals surface area contributed by atoms with Gasteiger partial charge in [-0.2, -0.15) is 13.8 Å². The number of ether oxygens (including phenoxy) is 2. The number of nitrogens with zero attached hydrogens (tertiary/aromatic N) is 3. The first-order chi connectivity index (χ1) is 13.5. The topological polar surface area (TPSA) is 55.3 Å². The first-order valence-corrected chi connectivity index (χ1v) is 9.85. The van der Waals surface area contributed by atoms with Gasteiger partial charge in [-0.3, -0.25) is 10.00 Å². The fourth-order valence-corrected chi connectivity index (χ4v) is 3.55. The molecule has 6 nitrogen and oxygen atoms in total. The maximum Gasteiger partial charge on any atom is 0.387 e. The van der Waals surface area contributed by atoms with E-state index in [0.717, 1.165) is 16.3 Å². The Labute approximate surface area is 170 Å². The maximum atomic E-state index is 12.5. The van der Waals surface area contributed by atoms with Gasteiger partial charge >= 0.3 is 6.61 Å². The highest BCUT2D eigenvalue weighted by Crippen LogP contribution is 2.30. The summed E-state index contributed by atoms with van der Waals surface area (Å²) in [7, 11) is 1.93. The normalized spacial score (nSPS) is 11.4. The molecule has 3 rings (SSSR count). The van der Waals surface area contributed by atoms with Gasteiger partial charge in [0.1, 0.15) is 0 Å². The lowest BCUT2D eigenvalue weighted by Gasteiger charge is -2.18. The molecule has 2 aromatic heterocycles. The number of aromatic amines is 1. The highest BCUT2D eigenvalue weighted by atomic mass is 32.1. The number of hydrogen-bond acceptors (Lipinski definition) is 6. The number of H-pyrrole nitrogens is 1. The summed E-state index contributed by atoms with van der Waals surface area (Å²) in [5, 5.41) is 5.19. The van der Waals surface area contributed by atoms with Crippen LogP contribution in [0.1, 0.15) is 12.5 Å². The van der Waals surface area contributed by atoms with Crippen LogP contribution in [0.25, 0.3) is 10.7 Å². The SMILES string of the molecule is CCOc1cc(CN(C)Cn2[nH]c(-c3cccs3)nc2=S)ccc1OC(F)F. The molecule has 1 N–H and O–H groups in total. The van der Waals surface area contributed by atoms with Gasteiger partial charge in [0.05, 0.1) is 18.2 Å². The Morgan fingerprint density at radius 3 is 2.82 bits per heavy atom. The number of alkyl halides is 2. The average molecular weight is 427 g/mol. The zero-order valence-corrected chi connectivity index (χ0v) is 17.0. The Morgan fingerprint density at radius 2 is 2.14 bits per heavy atom. The molecule has 0 aliphatic rings. The molecule has 0 radical (unpaired) electrons. The van der Waals surface area contributed by atoms with Gasteiger partial charge in [-0.15, -0.1) is 11.3 Å². The molecule has 0 atom stereocenters. The van der Waals surface area contributed by atoms with Crippen molar-refractivity contribution in [3.63, 3.8) is 0 Å². The van der Waals surface area contributed by atoms with E-state index in [4.69, 9.17) is 17.0 Å². The third-order valence-corrected chi connectivity index (χ3v) is 4.98. The van der Waals surface area contributed by atoms with Crippen LogP contribution in [0, 0.1) is 4.77 Å². The van der Waals surface area contributed by atoms with Gasteiger partial charge in [-0.1, -0.05) is 12.1 Å². The first kappa shape index (κ1) is 20.4. The largest absolute Gasteiger partial charge is 0.490 e. The summed E-state index contributed by atoms with van der Waals surface area (Å²) in [6.07, 6.45) is 0. The molecule has 0 aliphatic carbocycles. The van der Waals surface area contributed by atoms with Gasteiger partial charge in [-0.25, -0.2) is 4.68 Å². The van der Waals surface area contributed by atoms with Crippen LogP contribution >= 0.6 is 23.6 Å². The predicted molar refractivity (Wildman–Crippen MR) is 106 cm³/mol. The fourth-order valence-electron chi connectivity index (χ4n) is 2.69. The number of nitrogens with one attached hydrogen (secondary N) is 1. The van der Waals surface area contributed by atoms with E-state index >= 15 is 0 Å². The van der Waals surface area contributed by atoms with E-state index in [-0.39, 0.29) is 5.75 Å². The number of benzene rings is 1. The lowest BCUT2D eigenvalue weighted by atomic mass is 10.2. The van der Waals surface area contributed by atoms with Gasteiger partial charge in [0.2, 0.25) is 4.77 Å². The second kappa shape index (κ2) is 9.26. The van der Waals surface area contributed by atoms with E-state index in [2.05, 4.69) is 14.8 Å². The standard InChI is InChI=1S/C18H20F2N4O2S2/c1-3-25-14-9-12(6-7-13(14)26-17(19)20)10-23(2)11-24-18(27)21-16(22-24)15-5-4-8-28-15/h4-9,17H,3,10-11H2,1-2H3,(H,21,22,27). The number of halogens is 2. The molecule has 0 fully saturated rings. The third kappa shape index (κ3) is 5.15. The van der Waals surface area contributed by atoms with Crippen LogP contribution in [-0.2, 0) is 13.2 Å². The van der Waals surface area contributed by atoms with E-state index in [0.29, 0.717) is 30.3 Å².